The molecule has 3 rings (SSSR count). The van der Waals surface area contributed by atoms with Crippen LogP contribution in [0.15, 0.2) is 52.2 Å². The Labute approximate surface area is 156 Å². The van der Waals surface area contributed by atoms with Crippen molar-refractivity contribution in [1.29, 1.82) is 0 Å². The van der Waals surface area contributed by atoms with Gasteiger partial charge >= 0.3 is 0 Å². The van der Waals surface area contributed by atoms with Crippen molar-refractivity contribution < 1.29 is 9.21 Å². The Kier molecular flexibility index (Phi) is 5.32. The zero-order valence-electron chi connectivity index (χ0n) is 14.8. The number of hydrogen-bond acceptors (Lipinski definition) is 6. The standard InChI is InChI=1S/C18H21N5O2S/c1-11(2)13-7-4-5-8-14(13)20-17(24)12(3)26-18-22-21-16(23(18)19)15-9-6-10-25-15/h4-12H,19H2,1-3H3,(H,20,24). The van der Waals surface area contributed by atoms with Gasteiger partial charge in [-0.3, -0.25) is 4.79 Å². The van der Waals surface area contributed by atoms with Crippen molar-refractivity contribution in [2.24, 2.45) is 0 Å². The summed E-state index contributed by atoms with van der Waals surface area (Å²) >= 11 is 1.24. The van der Waals surface area contributed by atoms with Crippen LogP contribution in [0.4, 0.5) is 5.69 Å². The number of furan rings is 1. The van der Waals surface area contributed by atoms with Crippen LogP contribution in [-0.2, 0) is 4.79 Å². The molecule has 1 unspecified atom stereocenters. The molecule has 0 fully saturated rings. The van der Waals surface area contributed by atoms with E-state index < -0.39 is 5.25 Å². The maximum Gasteiger partial charge on any atom is 0.237 e. The highest BCUT2D eigenvalue weighted by Gasteiger charge is 2.21. The van der Waals surface area contributed by atoms with Gasteiger partial charge in [0.25, 0.3) is 0 Å². The van der Waals surface area contributed by atoms with Crippen molar-refractivity contribution in [3.8, 4) is 11.6 Å². The third kappa shape index (κ3) is 3.75. The maximum absolute atomic E-state index is 12.6. The lowest BCUT2D eigenvalue weighted by molar-refractivity contribution is -0.115. The van der Waals surface area contributed by atoms with Gasteiger partial charge in [0, 0.05) is 5.69 Å². The molecule has 2 heterocycles. The molecule has 0 spiro atoms. The first kappa shape index (κ1) is 18.1. The first-order valence-corrected chi connectivity index (χ1v) is 9.16. The van der Waals surface area contributed by atoms with E-state index in [0.717, 1.165) is 11.3 Å². The molecule has 1 aromatic carbocycles. The third-order valence-electron chi connectivity index (χ3n) is 3.90. The van der Waals surface area contributed by atoms with E-state index in [2.05, 4.69) is 29.4 Å². The average Bonchev–Trinajstić information content (AvgIpc) is 3.25. The summed E-state index contributed by atoms with van der Waals surface area (Å²) in [5, 5.41) is 11.1. The van der Waals surface area contributed by atoms with Crippen LogP contribution in [0, 0.1) is 0 Å². The fourth-order valence-corrected chi connectivity index (χ4v) is 3.26. The summed E-state index contributed by atoms with van der Waals surface area (Å²) in [6.07, 6.45) is 1.54. The number of hydrogen-bond donors (Lipinski definition) is 2. The molecular formula is C18H21N5O2S. The number of anilines is 1. The second-order valence-electron chi connectivity index (χ2n) is 6.14. The first-order valence-electron chi connectivity index (χ1n) is 8.28. The minimum Gasteiger partial charge on any atom is -0.461 e. The largest absolute Gasteiger partial charge is 0.461 e. The lowest BCUT2D eigenvalue weighted by Crippen LogP contribution is -2.24. The molecule has 3 aromatic rings. The van der Waals surface area contributed by atoms with Crippen LogP contribution in [0.5, 0.6) is 0 Å². The first-order chi connectivity index (χ1) is 12.5. The summed E-state index contributed by atoms with van der Waals surface area (Å²) in [4.78, 5) is 12.6. The van der Waals surface area contributed by atoms with Crippen molar-refractivity contribution >= 4 is 23.4 Å². The third-order valence-corrected chi connectivity index (χ3v) is 4.95. The number of nitrogens with one attached hydrogen (secondary N) is 1. The fourth-order valence-electron chi connectivity index (χ4n) is 2.49. The second kappa shape index (κ2) is 7.65. The molecule has 0 saturated heterocycles. The van der Waals surface area contributed by atoms with Crippen molar-refractivity contribution in [1.82, 2.24) is 14.9 Å². The molecule has 8 heteroatoms. The van der Waals surface area contributed by atoms with Crippen LogP contribution >= 0.6 is 11.8 Å². The molecule has 136 valence electrons. The van der Waals surface area contributed by atoms with Crippen molar-refractivity contribution in [2.75, 3.05) is 11.2 Å². The lowest BCUT2D eigenvalue weighted by atomic mass is 10.0. The van der Waals surface area contributed by atoms with E-state index in [1.165, 1.54) is 16.4 Å². The van der Waals surface area contributed by atoms with Gasteiger partial charge in [-0.2, -0.15) is 0 Å². The highest BCUT2D eigenvalue weighted by Crippen LogP contribution is 2.27. The van der Waals surface area contributed by atoms with Gasteiger partial charge in [-0.15, -0.1) is 10.2 Å². The summed E-state index contributed by atoms with van der Waals surface area (Å²) in [6.45, 7) is 5.99. The molecule has 0 saturated carbocycles. The number of amides is 1. The van der Waals surface area contributed by atoms with Crippen LogP contribution in [0.1, 0.15) is 32.3 Å². The smallest absolute Gasteiger partial charge is 0.237 e. The van der Waals surface area contributed by atoms with Crippen LogP contribution in [0.25, 0.3) is 11.6 Å². The number of benzene rings is 1. The Balaban J connectivity index is 1.71. The number of carbonyl (C=O) groups is 1. The molecule has 1 amide bonds. The minimum atomic E-state index is -0.397. The molecule has 7 nitrogen and oxygen atoms in total. The number of nitrogens with two attached hydrogens (primary N) is 1. The molecular weight excluding hydrogens is 350 g/mol. The number of nitrogens with zero attached hydrogens (tertiary/aromatic N) is 3. The Morgan fingerprint density at radius 3 is 2.65 bits per heavy atom. The van der Waals surface area contributed by atoms with Gasteiger partial charge < -0.3 is 15.6 Å². The number of nitrogen functional groups attached to an aromatic ring is 1. The summed E-state index contributed by atoms with van der Waals surface area (Å²) in [7, 11) is 0. The van der Waals surface area contributed by atoms with E-state index in [0.29, 0.717) is 22.7 Å². The number of carbonyl (C=O) groups excluding carboxylic acids is 1. The second-order valence-corrected chi connectivity index (χ2v) is 7.45. The molecule has 0 bridgehead atoms. The molecule has 0 aliphatic heterocycles. The zero-order chi connectivity index (χ0) is 18.7. The highest BCUT2D eigenvalue weighted by atomic mass is 32.2. The van der Waals surface area contributed by atoms with Crippen LogP contribution < -0.4 is 11.2 Å². The Hall–Kier alpha value is -2.74. The summed E-state index contributed by atoms with van der Waals surface area (Å²) in [5.41, 5.74) is 1.92. The van der Waals surface area contributed by atoms with Gasteiger partial charge in [0.2, 0.25) is 16.9 Å². The van der Waals surface area contributed by atoms with Crippen LogP contribution in [-0.4, -0.2) is 26.0 Å². The van der Waals surface area contributed by atoms with E-state index in [9.17, 15) is 4.79 Å². The Bertz CT molecular complexity index is 889. The molecule has 3 N–H and O–H groups in total. The molecule has 2 aromatic heterocycles. The fraction of sp³-hybridized carbons (Fsp3) is 0.278. The van der Waals surface area contributed by atoms with Crippen LogP contribution in [0.3, 0.4) is 0 Å². The monoisotopic (exact) mass is 371 g/mol. The topological polar surface area (TPSA) is 99.0 Å². The van der Waals surface area contributed by atoms with Gasteiger partial charge in [-0.25, -0.2) is 4.68 Å². The zero-order valence-corrected chi connectivity index (χ0v) is 15.7. The Morgan fingerprint density at radius 2 is 1.96 bits per heavy atom. The van der Waals surface area contributed by atoms with Gasteiger partial charge in [0.05, 0.1) is 11.5 Å². The summed E-state index contributed by atoms with van der Waals surface area (Å²) in [6, 6.07) is 11.3. The maximum atomic E-state index is 12.6. The molecule has 26 heavy (non-hydrogen) atoms. The number of para-hydroxylation sites is 1. The number of aromatic nitrogens is 3. The SMILES string of the molecule is CC(Sc1nnc(-c2ccco2)n1N)C(=O)Nc1ccccc1C(C)C. The van der Waals surface area contributed by atoms with E-state index in [4.69, 9.17) is 10.3 Å². The normalized spacial score (nSPS) is 12.3. The number of thioether (sulfide) groups is 1. The predicted octanol–water partition coefficient (Wildman–Crippen LogP) is 3.49. The van der Waals surface area contributed by atoms with Crippen LogP contribution in [0.2, 0.25) is 0 Å². The van der Waals surface area contributed by atoms with E-state index in [1.807, 2.05) is 24.3 Å². The van der Waals surface area contributed by atoms with Gasteiger partial charge in [-0.05, 0) is 36.6 Å². The lowest BCUT2D eigenvalue weighted by Gasteiger charge is -2.16. The molecule has 0 aliphatic carbocycles. The van der Waals surface area contributed by atoms with Crippen molar-refractivity contribution in [3.63, 3.8) is 0 Å². The minimum absolute atomic E-state index is 0.120. The average molecular weight is 371 g/mol. The summed E-state index contributed by atoms with van der Waals surface area (Å²) in [5.74, 6) is 7.17. The quantitative estimate of drug-likeness (QED) is 0.508. The molecule has 0 aliphatic rings. The Morgan fingerprint density at radius 1 is 1.19 bits per heavy atom. The highest BCUT2D eigenvalue weighted by molar-refractivity contribution is 8.00. The molecule has 1 atom stereocenters. The predicted molar refractivity (Wildman–Crippen MR) is 102 cm³/mol. The number of rotatable bonds is 6. The van der Waals surface area contributed by atoms with E-state index >= 15 is 0 Å². The molecule has 0 radical (unpaired) electrons. The van der Waals surface area contributed by atoms with Crippen molar-refractivity contribution in [3.05, 3.63) is 48.2 Å². The summed E-state index contributed by atoms with van der Waals surface area (Å²) < 4.78 is 6.62. The van der Waals surface area contributed by atoms with Gasteiger partial charge in [0.15, 0.2) is 5.76 Å². The van der Waals surface area contributed by atoms with E-state index in [1.54, 1.807) is 25.3 Å². The van der Waals surface area contributed by atoms with E-state index in [-0.39, 0.29) is 5.91 Å². The van der Waals surface area contributed by atoms with Gasteiger partial charge in [-0.1, -0.05) is 43.8 Å². The van der Waals surface area contributed by atoms with Crippen molar-refractivity contribution in [2.45, 2.75) is 37.1 Å². The van der Waals surface area contributed by atoms with Gasteiger partial charge in [0.1, 0.15) is 0 Å².